The van der Waals surface area contributed by atoms with Crippen molar-refractivity contribution >= 4 is 11.4 Å². The van der Waals surface area contributed by atoms with Crippen molar-refractivity contribution in [3.63, 3.8) is 0 Å². The minimum Gasteiger partial charge on any atom is -0.496 e. The zero-order valence-electron chi connectivity index (χ0n) is 9.50. The van der Waals surface area contributed by atoms with Gasteiger partial charge in [0.25, 0.3) is 5.69 Å². The van der Waals surface area contributed by atoms with Gasteiger partial charge in [-0.3, -0.25) is 10.1 Å². The predicted octanol–water partition coefficient (Wildman–Crippen LogP) is 1.03. The number of nitro groups is 1. The Hall–Kier alpha value is -1.82. The third-order valence-electron chi connectivity index (χ3n) is 2.94. The van der Waals surface area contributed by atoms with E-state index >= 15 is 0 Å². The van der Waals surface area contributed by atoms with E-state index < -0.39 is 4.92 Å². The molecule has 0 unspecified atom stereocenters. The Kier molecular flexibility index (Phi) is 3.14. The molecule has 6 heteroatoms. The molecule has 1 N–H and O–H groups in total. The molecule has 0 spiro atoms. The lowest BCUT2D eigenvalue weighted by molar-refractivity contribution is -0.384. The van der Waals surface area contributed by atoms with Crippen molar-refractivity contribution in [1.29, 1.82) is 0 Å². The second-order valence-corrected chi connectivity index (χ2v) is 4.07. The molecule has 92 valence electrons. The third-order valence-corrected chi connectivity index (χ3v) is 2.94. The molecule has 0 radical (unpaired) electrons. The van der Waals surface area contributed by atoms with E-state index in [-0.39, 0.29) is 18.2 Å². The number of benzene rings is 1. The number of rotatable bonds is 4. The molecule has 0 aromatic heterocycles. The van der Waals surface area contributed by atoms with E-state index in [1.807, 2.05) is 4.90 Å². The van der Waals surface area contributed by atoms with Crippen LogP contribution in [0, 0.1) is 16.0 Å². The van der Waals surface area contributed by atoms with Crippen molar-refractivity contribution in [2.75, 3.05) is 31.7 Å². The van der Waals surface area contributed by atoms with Crippen LogP contribution in [0.25, 0.3) is 0 Å². The molecule has 1 heterocycles. The van der Waals surface area contributed by atoms with E-state index in [0.29, 0.717) is 24.5 Å². The van der Waals surface area contributed by atoms with Crippen LogP contribution in [-0.2, 0) is 0 Å². The van der Waals surface area contributed by atoms with Crippen molar-refractivity contribution in [3.05, 3.63) is 28.3 Å². The highest BCUT2D eigenvalue weighted by molar-refractivity contribution is 5.66. The summed E-state index contributed by atoms with van der Waals surface area (Å²) in [7, 11) is 1.48. The maximum absolute atomic E-state index is 11.0. The smallest absolute Gasteiger partial charge is 0.296 e. The largest absolute Gasteiger partial charge is 0.496 e. The standard InChI is InChI=1S/C11H14N2O4/c1-17-9-2-3-10(11(4-9)13(15)16)12-5-8(6-12)7-14/h2-4,8,14H,5-7H2,1H3. The van der Waals surface area contributed by atoms with E-state index in [1.165, 1.54) is 13.2 Å². The quantitative estimate of drug-likeness (QED) is 0.626. The van der Waals surface area contributed by atoms with Gasteiger partial charge in [0.1, 0.15) is 11.4 Å². The number of methoxy groups -OCH3 is 1. The van der Waals surface area contributed by atoms with E-state index in [9.17, 15) is 10.1 Å². The van der Waals surface area contributed by atoms with Crippen LogP contribution in [0.4, 0.5) is 11.4 Å². The molecule has 0 amide bonds. The van der Waals surface area contributed by atoms with Gasteiger partial charge in [-0.15, -0.1) is 0 Å². The summed E-state index contributed by atoms with van der Waals surface area (Å²) in [5.41, 5.74) is 0.626. The van der Waals surface area contributed by atoms with Gasteiger partial charge in [0, 0.05) is 25.6 Å². The van der Waals surface area contributed by atoms with Crippen molar-refractivity contribution in [1.82, 2.24) is 0 Å². The Labute approximate surface area is 98.6 Å². The summed E-state index contributed by atoms with van der Waals surface area (Å²) < 4.78 is 4.97. The fourth-order valence-corrected chi connectivity index (χ4v) is 1.93. The third kappa shape index (κ3) is 2.16. The number of anilines is 1. The highest BCUT2D eigenvalue weighted by Crippen LogP contribution is 2.35. The summed E-state index contributed by atoms with van der Waals surface area (Å²) in [6.45, 7) is 1.44. The van der Waals surface area contributed by atoms with E-state index in [1.54, 1.807) is 12.1 Å². The number of hydrogen-bond acceptors (Lipinski definition) is 5. The second-order valence-electron chi connectivity index (χ2n) is 4.07. The Morgan fingerprint density at radius 1 is 1.59 bits per heavy atom. The maximum Gasteiger partial charge on any atom is 0.296 e. The Bertz CT molecular complexity index is 429. The minimum absolute atomic E-state index is 0.0424. The molecule has 1 aromatic carbocycles. The van der Waals surface area contributed by atoms with Crippen LogP contribution in [0.5, 0.6) is 5.75 Å². The molecule has 0 aliphatic carbocycles. The summed E-state index contributed by atoms with van der Waals surface area (Å²) in [6, 6.07) is 4.81. The average Bonchev–Trinajstić information content (AvgIpc) is 2.27. The molecule has 6 nitrogen and oxygen atoms in total. The van der Waals surface area contributed by atoms with Gasteiger partial charge < -0.3 is 14.7 Å². The highest BCUT2D eigenvalue weighted by atomic mass is 16.6. The SMILES string of the molecule is COc1ccc(N2CC(CO)C2)c([N+](=O)[O-])c1. The zero-order valence-corrected chi connectivity index (χ0v) is 9.50. The molecule has 0 bridgehead atoms. The van der Waals surface area contributed by atoms with Gasteiger partial charge in [0.2, 0.25) is 0 Å². The number of nitro benzene ring substituents is 1. The molecular weight excluding hydrogens is 224 g/mol. The van der Waals surface area contributed by atoms with Gasteiger partial charge in [-0.2, -0.15) is 0 Å². The van der Waals surface area contributed by atoms with Gasteiger partial charge in [-0.05, 0) is 12.1 Å². The van der Waals surface area contributed by atoms with Crippen LogP contribution >= 0.6 is 0 Å². The molecule has 0 atom stereocenters. The maximum atomic E-state index is 11.0. The first-order valence-corrected chi connectivity index (χ1v) is 5.34. The fraction of sp³-hybridized carbons (Fsp3) is 0.455. The van der Waals surface area contributed by atoms with Crippen LogP contribution < -0.4 is 9.64 Å². The van der Waals surface area contributed by atoms with Crippen LogP contribution in [0.3, 0.4) is 0 Å². The van der Waals surface area contributed by atoms with Gasteiger partial charge in [-0.25, -0.2) is 0 Å². The minimum atomic E-state index is -0.413. The Morgan fingerprint density at radius 3 is 2.82 bits per heavy atom. The van der Waals surface area contributed by atoms with Gasteiger partial charge in [0.15, 0.2) is 0 Å². The molecule has 1 aromatic rings. The number of nitrogens with zero attached hydrogens (tertiary/aromatic N) is 2. The van der Waals surface area contributed by atoms with Crippen molar-refractivity contribution < 1.29 is 14.8 Å². The second kappa shape index (κ2) is 4.58. The first kappa shape index (κ1) is 11.7. The summed E-state index contributed by atoms with van der Waals surface area (Å²) in [4.78, 5) is 12.4. The topological polar surface area (TPSA) is 75.8 Å². The van der Waals surface area contributed by atoms with Crippen molar-refractivity contribution in [2.45, 2.75) is 0 Å². The molecule has 17 heavy (non-hydrogen) atoms. The molecule has 1 saturated heterocycles. The van der Waals surface area contributed by atoms with E-state index in [4.69, 9.17) is 9.84 Å². The van der Waals surface area contributed by atoms with Gasteiger partial charge in [-0.1, -0.05) is 0 Å². The van der Waals surface area contributed by atoms with Crippen LogP contribution in [0.2, 0.25) is 0 Å². The number of aliphatic hydroxyl groups is 1. The van der Waals surface area contributed by atoms with E-state index in [2.05, 4.69) is 0 Å². The molecule has 2 rings (SSSR count). The summed E-state index contributed by atoms with van der Waals surface area (Å²) in [5.74, 6) is 0.691. The van der Waals surface area contributed by atoms with Crippen LogP contribution in [-0.4, -0.2) is 36.8 Å². The summed E-state index contributed by atoms with van der Waals surface area (Å²) in [6.07, 6.45) is 0. The predicted molar refractivity (Wildman–Crippen MR) is 62.4 cm³/mol. The first-order chi connectivity index (χ1) is 8.15. The van der Waals surface area contributed by atoms with Crippen molar-refractivity contribution in [3.8, 4) is 5.75 Å². The van der Waals surface area contributed by atoms with Gasteiger partial charge in [0.05, 0.1) is 18.1 Å². The summed E-state index contributed by atoms with van der Waals surface area (Å²) in [5, 5.41) is 19.9. The lowest BCUT2D eigenvalue weighted by atomic mass is 10.00. The first-order valence-electron chi connectivity index (χ1n) is 5.34. The Morgan fingerprint density at radius 2 is 2.29 bits per heavy atom. The molecular formula is C11H14N2O4. The molecule has 1 aliphatic rings. The number of ether oxygens (including phenoxy) is 1. The molecule has 1 aliphatic heterocycles. The summed E-state index contributed by atoms with van der Waals surface area (Å²) >= 11 is 0. The lowest BCUT2D eigenvalue weighted by Gasteiger charge is -2.39. The average molecular weight is 238 g/mol. The fourth-order valence-electron chi connectivity index (χ4n) is 1.93. The van der Waals surface area contributed by atoms with Crippen LogP contribution in [0.15, 0.2) is 18.2 Å². The zero-order chi connectivity index (χ0) is 12.4. The highest BCUT2D eigenvalue weighted by Gasteiger charge is 2.30. The van der Waals surface area contributed by atoms with Gasteiger partial charge >= 0.3 is 0 Å². The monoisotopic (exact) mass is 238 g/mol. The van der Waals surface area contributed by atoms with E-state index in [0.717, 1.165) is 0 Å². The molecule has 1 fully saturated rings. The molecule has 0 saturated carbocycles. The Balaban J connectivity index is 2.25. The normalized spacial score (nSPS) is 15.5. The number of aliphatic hydroxyl groups excluding tert-OH is 1. The van der Waals surface area contributed by atoms with Crippen LogP contribution in [0.1, 0.15) is 0 Å². The lowest BCUT2D eigenvalue weighted by Crippen LogP contribution is -2.48. The van der Waals surface area contributed by atoms with Crippen molar-refractivity contribution in [2.24, 2.45) is 5.92 Å². The number of hydrogen-bond donors (Lipinski definition) is 1.